The van der Waals surface area contributed by atoms with Gasteiger partial charge in [-0.15, -0.1) is 0 Å². The van der Waals surface area contributed by atoms with Crippen molar-refractivity contribution in [2.75, 3.05) is 11.4 Å². The standard InChI is InChI=1S/C23H21FN2O3/c1-17(27)26(16-23(28)25-15-18-7-5-6-10-22(18)24)19-11-13-21(14-12-19)29-20-8-3-2-4-9-20/h2-14H,15-16H2,1H3,(H,25,28). The van der Waals surface area contributed by atoms with Crippen molar-refractivity contribution in [1.82, 2.24) is 5.32 Å². The van der Waals surface area contributed by atoms with E-state index in [1.807, 2.05) is 30.3 Å². The SMILES string of the molecule is CC(=O)N(CC(=O)NCc1ccccc1F)c1ccc(Oc2ccccc2)cc1. The average molecular weight is 392 g/mol. The van der Waals surface area contributed by atoms with Crippen LogP contribution in [-0.2, 0) is 16.1 Å². The van der Waals surface area contributed by atoms with E-state index in [2.05, 4.69) is 5.32 Å². The molecular weight excluding hydrogens is 371 g/mol. The van der Waals surface area contributed by atoms with Crippen LogP contribution in [-0.4, -0.2) is 18.4 Å². The summed E-state index contributed by atoms with van der Waals surface area (Å²) in [6.45, 7) is 1.28. The second-order valence-corrected chi connectivity index (χ2v) is 6.38. The molecule has 29 heavy (non-hydrogen) atoms. The van der Waals surface area contributed by atoms with Gasteiger partial charge in [-0.1, -0.05) is 36.4 Å². The van der Waals surface area contributed by atoms with Crippen LogP contribution < -0.4 is 15.0 Å². The van der Waals surface area contributed by atoms with Crippen LogP contribution in [0.15, 0.2) is 78.9 Å². The van der Waals surface area contributed by atoms with Crippen molar-refractivity contribution in [3.8, 4) is 11.5 Å². The molecule has 3 aromatic rings. The van der Waals surface area contributed by atoms with Gasteiger partial charge in [-0.05, 0) is 42.5 Å². The molecule has 0 aromatic heterocycles. The number of halogens is 1. The van der Waals surface area contributed by atoms with Gasteiger partial charge in [0.25, 0.3) is 0 Å². The highest BCUT2D eigenvalue weighted by Crippen LogP contribution is 2.24. The van der Waals surface area contributed by atoms with Crippen LogP contribution >= 0.6 is 0 Å². The molecule has 0 atom stereocenters. The van der Waals surface area contributed by atoms with Crippen LogP contribution in [0.3, 0.4) is 0 Å². The molecule has 1 N–H and O–H groups in total. The Kier molecular flexibility index (Phi) is 6.58. The summed E-state index contributed by atoms with van der Waals surface area (Å²) in [4.78, 5) is 25.7. The summed E-state index contributed by atoms with van der Waals surface area (Å²) in [6.07, 6.45) is 0. The van der Waals surface area contributed by atoms with Gasteiger partial charge in [0.1, 0.15) is 23.9 Å². The molecular formula is C23H21FN2O3. The Bertz CT molecular complexity index is 975. The van der Waals surface area contributed by atoms with Crippen LogP contribution in [0, 0.1) is 5.82 Å². The van der Waals surface area contributed by atoms with E-state index in [0.717, 1.165) is 0 Å². The van der Waals surface area contributed by atoms with Crippen molar-refractivity contribution >= 4 is 17.5 Å². The van der Waals surface area contributed by atoms with Gasteiger partial charge in [-0.2, -0.15) is 0 Å². The van der Waals surface area contributed by atoms with Crippen molar-refractivity contribution in [3.05, 3.63) is 90.2 Å². The minimum Gasteiger partial charge on any atom is -0.457 e. The molecule has 5 nitrogen and oxygen atoms in total. The largest absolute Gasteiger partial charge is 0.457 e. The third kappa shape index (κ3) is 5.65. The van der Waals surface area contributed by atoms with Crippen molar-refractivity contribution in [3.63, 3.8) is 0 Å². The predicted molar refractivity (Wildman–Crippen MR) is 109 cm³/mol. The van der Waals surface area contributed by atoms with E-state index in [1.165, 1.54) is 17.9 Å². The molecule has 0 fully saturated rings. The van der Waals surface area contributed by atoms with Crippen molar-refractivity contribution in [2.24, 2.45) is 0 Å². The highest BCUT2D eigenvalue weighted by molar-refractivity contribution is 5.97. The molecule has 0 aliphatic rings. The van der Waals surface area contributed by atoms with Gasteiger partial charge in [0.2, 0.25) is 11.8 Å². The highest BCUT2D eigenvalue weighted by Gasteiger charge is 2.16. The van der Waals surface area contributed by atoms with E-state index in [9.17, 15) is 14.0 Å². The number of rotatable bonds is 7. The lowest BCUT2D eigenvalue weighted by Gasteiger charge is -2.21. The lowest BCUT2D eigenvalue weighted by molar-refractivity contribution is -0.123. The number of hydrogen-bond acceptors (Lipinski definition) is 3. The van der Waals surface area contributed by atoms with E-state index in [0.29, 0.717) is 22.7 Å². The smallest absolute Gasteiger partial charge is 0.240 e. The number of amides is 2. The average Bonchev–Trinajstić information content (AvgIpc) is 2.73. The number of para-hydroxylation sites is 1. The normalized spacial score (nSPS) is 10.3. The monoisotopic (exact) mass is 392 g/mol. The van der Waals surface area contributed by atoms with E-state index >= 15 is 0 Å². The summed E-state index contributed by atoms with van der Waals surface area (Å²) >= 11 is 0. The van der Waals surface area contributed by atoms with Crippen LogP contribution in [0.25, 0.3) is 0 Å². The maximum Gasteiger partial charge on any atom is 0.240 e. The number of nitrogens with one attached hydrogen (secondary N) is 1. The lowest BCUT2D eigenvalue weighted by atomic mass is 10.2. The molecule has 0 radical (unpaired) electrons. The summed E-state index contributed by atoms with van der Waals surface area (Å²) in [5.41, 5.74) is 0.955. The predicted octanol–water partition coefficient (Wildman–Crippen LogP) is 4.29. The quantitative estimate of drug-likeness (QED) is 0.653. The van der Waals surface area contributed by atoms with Crippen LogP contribution in [0.1, 0.15) is 12.5 Å². The molecule has 0 aliphatic heterocycles. The molecule has 3 rings (SSSR count). The summed E-state index contributed by atoms with van der Waals surface area (Å²) in [5.74, 6) is 0.282. The van der Waals surface area contributed by atoms with Gasteiger partial charge >= 0.3 is 0 Å². The summed E-state index contributed by atoms with van der Waals surface area (Å²) in [7, 11) is 0. The first kappa shape index (κ1) is 20.1. The zero-order valence-electron chi connectivity index (χ0n) is 16.0. The Morgan fingerprint density at radius 2 is 1.52 bits per heavy atom. The first-order valence-electron chi connectivity index (χ1n) is 9.14. The third-order valence-electron chi connectivity index (χ3n) is 4.24. The third-order valence-corrected chi connectivity index (χ3v) is 4.24. The zero-order valence-corrected chi connectivity index (χ0v) is 16.0. The molecule has 148 valence electrons. The summed E-state index contributed by atoms with van der Waals surface area (Å²) in [5, 5.41) is 2.64. The second-order valence-electron chi connectivity index (χ2n) is 6.38. The van der Waals surface area contributed by atoms with Gasteiger partial charge in [0.15, 0.2) is 0 Å². The van der Waals surface area contributed by atoms with Gasteiger partial charge in [-0.25, -0.2) is 4.39 Å². The number of carbonyl (C=O) groups is 2. The molecule has 0 unspecified atom stereocenters. The first-order valence-corrected chi connectivity index (χ1v) is 9.14. The highest BCUT2D eigenvalue weighted by atomic mass is 19.1. The Morgan fingerprint density at radius 3 is 2.17 bits per heavy atom. The molecule has 3 aromatic carbocycles. The number of ether oxygens (including phenoxy) is 1. The minimum absolute atomic E-state index is 0.0567. The molecule has 6 heteroatoms. The van der Waals surface area contributed by atoms with Crippen molar-refractivity contribution in [1.29, 1.82) is 0 Å². The number of carbonyl (C=O) groups excluding carboxylic acids is 2. The summed E-state index contributed by atoms with van der Waals surface area (Å²) in [6, 6.07) is 22.4. The second kappa shape index (κ2) is 9.50. The number of benzene rings is 3. The number of anilines is 1. The first-order chi connectivity index (χ1) is 14.0. The number of hydrogen-bond donors (Lipinski definition) is 1. The number of nitrogens with zero attached hydrogens (tertiary/aromatic N) is 1. The van der Waals surface area contributed by atoms with Gasteiger partial charge in [-0.3, -0.25) is 9.59 Å². The van der Waals surface area contributed by atoms with E-state index in [4.69, 9.17) is 4.74 Å². The van der Waals surface area contributed by atoms with Crippen LogP contribution in [0.4, 0.5) is 10.1 Å². The van der Waals surface area contributed by atoms with E-state index in [-0.39, 0.29) is 30.7 Å². The molecule has 0 saturated heterocycles. The van der Waals surface area contributed by atoms with Gasteiger partial charge in [0, 0.05) is 24.7 Å². The maximum atomic E-state index is 13.7. The van der Waals surface area contributed by atoms with Crippen LogP contribution in [0.2, 0.25) is 0 Å². The Morgan fingerprint density at radius 1 is 0.897 bits per heavy atom. The van der Waals surface area contributed by atoms with E-state index in [1.54, 1.807) is 42.5 Å². The molecule has 0 heterocycles. The van der Waals surface area contributed by atoms with Gasteiger partial charge in [0.05, 0.1) is 0 Å². The summed E-state index contributed by atoms with van der Waals surface area (Å²) < 4.78 is 19.4. The van der Waals surface area contributed by atoms with Gasteiger partial charge < -0.3 is 15.0 Å². The molecule has 0 aliphatic carbocycles. The fourth-order valence-corrected chi connectivity index (χ4v) is 2.74. The molecule has 2 amide bonds. The van der Waals surface area contributed by atoms with E-state index < -0.39 is 0 Å². The minimum atomic E-state index is -0.384. The lowest BCUT2D eigenvalue weighted by Crippen LogP contribution is -2.39. The zero-order chi connectivity index (χ0) is 20.6. The fraction of sp³-hybridized carbons (Fsp3) is 0.130. The topological polar surface area (TPSA) is 58.6 Å². The molecule has 0 bridgehead atoms. The Labute approximate surface area is 168 Å². The maximum absolute atomic E-state index is 13.7. The molecule has 0 saturated carbocycles. The van der Waals surface area contributed by atoms with Crippen LogP contribution in [0.5, 0.6) is 11.5 Å². The molecule has 0 spiro atoms. The van der Waals surface area contributed by atoms with Crippen molar-refractivity contribution in [2.45, 2.75) is 13.5 Å². The van der Waals surface area contributed by atoms with Crippen molar-refractivity contribution < 1.29 is 18.7 Å². The fourth-order valence-electron chi connectivity index (χ4n) is 2.74. The Balaban J connectivity index is 1.62. The Hall–Kier alpha value is -3.67.